The van der Waals surface area contributed by atoms with Gasteiger partial charge in [-0.3, -0.25) is 0 Å². The number of hydrogen-bond acceptors (Lipinski definition) is 0. The van der Waals surface area contributed by atoms with E-state index in [9.17, 15) is 0 Å². The number of aromatic amines is 1. The summed E-state index contributed by atoms with van der Waals surface area (Å²) in [4.78, 5) is 3.70. The number of aromatic nitrogens is 1. The Morgan fingerprint density at radius 3 is 2.41 bits per heavy atom. The van der Waals surface area contributed by atoms with E-state index in [1.165, 1.54) is 80.8 Å². The zero-order valence-corrected chi connectivity index (χ0v) is 14.0. The number of rotatable bonds is 1. The minimum Gasteiger partial charge on any atom is -0.358 e. The fourth-order valence-corrected chi connectivity index (χ4v) is 5.18. The van der Waals surface area contributed by atoms with Crippen LogP contribution >= 0.6 is 0 Å². The minimum atomic E-state index is 0.514. The zero-order chi connectivity index (χ0) is 15.0. The highest BCUT2D eigenvalue weighted by Gasteiger charge is 2.40. The van der Waals surface area contributed by atoms with Crippen LogP contribution in [0.3, 0.4) is 0 Å². The Balaban J connectivity index is 1.71. The molecule has 22 heavy (non-hydrogen) atoms. The highest BCUT2D eigenvalue weighted by molar-refractivity contribution is 5.86. The van der Waals surface area contributed by atoms with Gasteiger partial charge in [0.25, 0.3) is 0 Å². The van der Waals surface area contributed by atoms with Gasteiger partial charge < -0.3 is 4.98 Å². The summed E-state index contributed by atoms with van der Waals surface area (Å²) in [7, 11) is 0. The molecule has 1 fully saturated rings. The molecule has 1 heteroatoms. The predicted molar refractivity (Wildman–Crippen MR) is 94.4 cm³/mol. The van der Waals surface area contributed by atoms with Crippen molar-refractivity contribution in [1.29, 1.82) is 0 Å². The van der Waals surface area contributed by atoms with Crippen LogP contribution in [0.5, 0.6) is 0 Å². The van der Waals surface area contributed by atoms with Crippen molar-refractivity contribution < 1.29 is 0 Å². The summed E-state index contributed by atoms with van der Waals surface area (Å²) in [5.74, 6) is 0.775. The van der Waals surface area contributed by atoms with Crippen LogP contribution in [0, 0.1) is 5.41 Å². The number of benzene rings is 1. The van der Waals surface area contributed by atoms with Crippen LogP contribution in [0.2, 0.25) is 0 Å². The lowest BCUT2D eigenvalue weighted by atomic mass is 9.68. The average Bonchev–Trinajstić information content (AvgIpc) is 3.10. The molecule has 1 nitrogen and oxygen atoms in total. The van der Waals surface area contributed by atoms with Crippen molar-refractivity contribution >= 4 is 10.9 Å². The lowest BCUT2D eigenvalue weighted by Crippen LogP contribution is -2.24. The molecular weight excluding hydrogens is 266 g/mol. The third kappa shape index (κ3) is 2.39. The molecule has 4 rings (SSSR count). The molecule has 2 aliphatic carbocycles. The van der Waals surface area contributed by atoms with Gasteiger partial charge >= 0.3 is 0 Å². The maximum atomic E-state index is 3.70. The van der Waals surface area contributed by atoms with Gasteiger partial charge in [-0.2, -0.15) is 0 Å². The number of aryl methyl sites for hydroxylation is 1. The van der Waals surface area contributed by atoms with E-state index in [0.717, 1.165) is 5.92 Å². The van der Waals surface area contributed by atoms with Crippen LogP contribution < -0.4 is 0 Å². The van der Waals surface area contributed by atoms with Crippen molar-refractivity contribution in [1.82, 2.24) is 4.98 Å². The van der Waals surface area contributed by atoms with Crippen molar-refractivity contribution in [3.8, 4) is 0 Å². The molecule has 1 aromatic heterocycles. The Morgan fingerprint density at radius 1 is 0.955 bits per heavy atom. The molecule has 1 aromatic carbocycles. The summed E-state index contributed by atoms with van der Waals surface area (Å²) in [6.07, 6.45) is 14.2. The SMILES string of the molecule is CC1(C2CCc3[nH]c4ccccc4c32)CCCCCCCC1. The molecule has 1 atom stereocenters. The first-order valence-corrected chi connectivity index (χ1v) is 9.37. The van der Waals surface area contributed by atoms with Crippen molar-refractivity contribution in [2.75, 3.05) is 0 Å². The molecule has 0 bridgehead atoms. The third-order valence-corrected chi connectivity index (χ3v) is 6.45. The van der Waals surface area contributed by atoms with Gasteiger partial charge in [0, 0.05) is 16.6 Å². The minimum absolute atomic E-state index is 0.514. The molecule has 0 saturated heterocycles. The van der Waals surface area contributed by atoms with E-state index in [0.29, 0.717) is 5.41 Å². The molecule has 0 amide bonds. The maximum absolute atomic E-state index is 3.70. The highest BCUT2D eigenvalue weighted by atomic mass is 14.7. The summed E-state index contributed by atoms with van der Waals surface area (Å²) in [5.41, 5.74) is 5.08. The Morgan fingerprint density at radius 2 is 1.64 bits per heavy atom. The van der Waals surface area contributed by atoms with Crippen LogP contribution in [0.1, 0.15) is 81.9 Å². The Labute approximate surface area is 134 Å². The Kier molecular flexibility index (Phi) is 3.76. The normalized spacial score (nSPS) is 25.4. The van der Waals surface area contributed by atoms with E-state index in [-0.39, 0.29) is 0 Å². The third-order valence-electron chi connectivity index (χ3n) is 6.45. The average molecular weight is 295 g/mol. The summed E-state index contributed by atoms with van der Waals surface area (Å²) in [6, 6.07) is 8.94. The van der Waals surface area contributed by atoms with Crippen LogP contribution in [-0.2, 0) is 6.42 Å². The maximum Gasteiger partial charge on any atom is 0.0459 e. The summed E-state index contributed by atoms with van der Waals surface area (Å²) in [6.45, 7) is 2.60. The zero-order valence-electron chi connectivity index (χ0n) is 14.0. The van der Waals surface area contributed by atoms with Crippen molar-refractivity contribution in [2.24, 2.45) is 5.41 Å². The summed E-state index contributed by atoms with van der Waals surface area (Å²) >= 11 is 0. The lowest BCUT2D eigenvalue weighted by molar-refractivity contribution is 0.201. The molecule has 1 N–H and O–H groups in total. The molecule has 0 radical (unpaired) electrons. The second-order valence-electron chi connectivity index (χ2n) is 7.93. The molecular formula is C21H29N. The van der Waals surface area contributed by atoms with Gasteiger partial charge in [0.15, 0.2) is 0 Å². The fourth-order valence-electron chi connectivity index (χ4n) is 5.18. The molecule has 0 aliphatic heterocycles. The first-order valence-electron chi connectivity index (χ1n) is 9.37. The van der Waals surface area contributed by atoms with E-state index in [4.69, 9.17) is 0 Å². The van der Waals surface area contributed by atoms with Crippen LogP contribution in [0.4, 0.5) is 0 Å². The van der Waals surface area contributed by atoms with E-state index < -0.39 is 0 Å². The van der Waals surface area contributed by atoms with Crippen LogP contribution in [0.25, 0.3) is 10.9 Å². The van der Waals surface area contributed by atoms with Gasteiger partial charge in [0.05, 0.1) is 0 Å². The standard InChI is InChI=1S/C21H29N/c1-21(14-8-4-2-3-5-9-15-21)17-12-13-19-20(17)16-10-6-7-11-18(16)22-19/h6-7,10-11,17,22H,2-5,8-9,12-15H2,1H3. The quantitative estimate of drug-likeness (QED) is 0.632. The number of para-hydroxylation sites is 1. The second-order valence-corrected chi connectivity index (χ2v) is 7.93. The second kappa shape index (κ2) is 5.76. The number of fused-ring (bicyclic) bond motifs is 3. The van der Waals surface area contributed by atoms with Crippen LogP contribution in [0.15, 0.2) is 24.3 Å². The largest absolute Gasteiger partial charge is 0.358 e. The molecule has 118 valence electrons. The van der Waals surface area contributed by atoms with E-state index in [2.05, 4.69) is 36.2 Å². The molecule has 1 saturated carbocycles. The van der Waals surface area contributed by atoms with E-state index in [1.54, 1.807) is 5.56 Å². The van der Waals surface area contributed by atoms with Gasteiger partial charge in [-0.25, -0.2) is 0 Å². The number of nitrogens with one attached hydrogen (secondary N) is 1. The van der Waals surface area contributed by atoms with Gasteiger partial charge in [0.1, 0.15) is 0 Å². The van der Waals surface area contributed by atoms with Crippen molar-refractivity contribution in [3.05, 3.63) is 35.5 Å². The highest BCUT2D eigenvalue weighted by Crippen LogP contribution is 2.53. The first kappa shape index (κ1) is 14.4. The Hall–Kier alpha value is -1.24. The Bertz CT molecular complexity index is 641. The topological polar surface area (TPSA) is 15.8 Å². The lowest BCUT2D eigenvalue weighted by Gasteiger charge is -2.36. The first-order chi connectivity index (χ1) is 10.8. The predicted octanol–water partition coefficient (Wildman–Crippen LogP) is 6.34. The van der Waals surface area contributed by atoms with Gasteiger partial charge in [-0.15, -0.1) is 0 Å². The molecule has 1 heterocycles. The number of hydrogen-bond donors (Lipinski definition) is 1. The van der Waals surface area contributed by atoms with Gasteiger partial charge in [-0.05, 0) is 48.6 Å². The van der Waals surface area contributed by atoms with Crippen molar-refractivity contribution in [3.63, 3.8) is 0 Å². The van der Waals surface area contributed by atoms with Gasteiger partial charge in [-0.1, -0.05) is 63.6 Å². The molecule has 2 aromatic rings. The monoisotopic (exact) mass is 295 g/mol. The smallest absolute Gasteiger partial charge is 0.0459 e. The summed E-state index contributed by atoms with van der Waals surface area (Å²) < 4.78 is 0. The molecule has 2 aliphatic rings. The number of H-pyrrole nitrogens is 1. The van der Waals surface area contributed by atoms with E-state index in [1.807, 2.05) is 0 Å². The summed E-state index contributed by atoms with van der Waals surface area (Å²) in [5, 5.41) is 1.50. The van der Waals surface area contributed by atoms with Crippen molar-refractivity contribution in [2.45, 2.75) is 77.0 Å². The van der Waals surface area contributed by atoms with Crippen LogP contribution in [-0.4, -0.2) is 4.98 Å². The molecule has 1 unspecified atom stereocenters. The van der Waals surface area contributed by atoms with E-state index >= 15 is 0 Å². The fraction of sp³-hybridized carbons (Fsp3) is 0.619. The molecule has 0 spiro atoms. The van der Waals surface area contributed by atoms with Gasteiger partial charge in [0.2, 0.25) is 0 Å².